The van der Waals surface area contributed by atoms with Crippen molar-refractivity contribution in [3.05, 3.63) is 94.9 Å². The SMILES string of the molecule is CC(C)(NC(O)CCc1ccc([C@]2(C)C(=O)Nc3nc(-c4nn(Cc5ccccc5F)c5ncccc45)nc(N)c32)cc1)C(=O)O. The second kappa shape index (κ2) is 11.6. The molecule has 1 amide bonds. The topological polar surface area (TPSA) is 181 Å². The van der Waals surface area contributed by atoms with Crippen molar-refractivity contribution in [2.45, 2.75) is 57.3 Å². The van der Waals surface area contributed by atoms with E-state index in [9.17, 15) is 24.2 Å². The highest BCUT2D eigenvalue weighted by Gasteiger charge is 2.47. The van der Waals surface area contributed by atoms with E-state index >= 15 is 0 Å². The van der Waals surface area contributed by atoms with Crippen molar-refractivity contribution >= 4 is 34.5 Å². The number of carbonyl (C=O) groups is 2. The number of amides is 1. The van der Waals surface area contributed by atoms with Crippen LogP contribution in [0.3, 0.4) is 0 Å². The van der Waals surface area contributed by atoms with Gasteiger partial charge in [-0.15, -0.1) is 0 Å². The second-order valence-corrected chi connectivity index (χ2v) is 12.0. The van der Waals surface area contributed by atoms with E-state index in [1.807, 2.05) is 30.3 Å². The first-order valence-electron chi connectivity index (χ1n) is 14.7. The average Bonchev–Trinajstić information content (AvgIpc) is 3.51. The van der Waals surface area contributed by atoms with Gasteiger partial charge in [-0.2, -0.15) is 5.10 Å². The molecule has 4 heterocycles. The number of carboxylic acid groups (broad SMARTS) is 1. The molecule has 1 unspecified atom stereocenters. The van der Waals surface area contributed by atoms with Gasteiger partial charge in [-0.25, -0.2) is 24.0 Å². The number of anilines is 2. The van der Waals surface area contributed by atoms with Crippen LogP contribution >= 0.6 is 0 Å². The number of hydrogen-bond donors (Lipinski definition) is 5. The maximum Gasteiger partial charge on any atom is 0.323 e. The summed E-state index contributed by atoms with van der Waals surface area (Å²) in [6.45, 7) is 4.86. The van der Waals surface area contributed by atoms with Crippen LogP contribution in [0.4, 0.5) is 16.0 Å². The lowest BCUT2D eigenvalue weighted by Gasteiger charge is -2.25. The van der Waals surface area contributed by atoms with Gasteiger partial charge >= 0.3 is 5.97 Å². The van der Waals surface area contributed by atoms with Gasteiger partial charge < -0.3 is 21.3 Å². The number of pyridine rings is 1. The third kappa shape index (κ3) is 5.43. The van der Waals surface area contributed by atoms with Gasteiger partial charge in [-0.05, 0) is 62.9 Å². The van der Waals surface area contributed by atoms with Crippen molar-refractivity contribution in [3.8, 4) is 11.5 Å². The molecule has 12 nitrogen and oxygen atoms in total. The van der Waals surface area contributed by atoms with E-state index in [2.05, 4.69) is 30.7 Å². The van der Waals surface area contributed by atoms with Gasteiger partial charge in [0.15, 0.2) is 11.5 Å². The Morgan fingerprint density at radius 1 is 1.13 bits per heavy atom. The second-order valence-electron chi connectivity index (χ2n) is 12.0. The molecule has 0 saturated heterocycles. The Balaban J connectivity index is 1.28. The van der Waals surface area contributed by atoms with Crippen LogP contribution in [-0.2, 0) is 28.0 Å². The molecule has 0 fully saturated rings. The molecule has 13 heteroatoms. The van der Waals surface area contributed by atoms with Gasteiger partial charge in [0, 0.05) is 11.8 Å². The van der Waals surface area contributed by atoms with Gasteiger partial charge in [-0.1, -0.05) is 42.5 Å². The first-order valence-corrected chi connectivity index (χ1v) is 14.7. The van der Waals surface area contributed by atoms with Gasteiger partial charge in [0.1, 0.15) is 40.3 Å². The smallest absolute Gasteiger partial charge is 0.323 e. The van der Waals surface area contributed by atoms with E-state index in [0.717, 1.165) is 5.56 Å². The number of carboxylic acids is 1. The maximum absolute atomic E-state index is 14.5. The lowest BCUT2D eigenvalue weighted by molar-refractivity contribution is -0.145. The summed E-state index contributed by atoms with van der Waals surface area (Å²) in [4.78, 5) is 38.6. The van der Waals surface area contributed by atoms with E-state index < -0.39 is 23.2 Å². The molecule has 3 aromatic heterocycles. The molecule has 2 atom stereocenters. The summed E-state index contributed by atoms with van der Waals surface area (Å²) < 4.78 is 16.0. The molecule has 6 N–H and O–H groups in total. The Labute approximate surface area is 263 Å². The molecular formula is C33H33FN8O4. The third-order valence-corrected chi connectivity index (χ3v) is 8.42. The number of halogens is 1. The van der Waals surface area contributed by atoms with Crippen molar-refractivity contribution < 1.29 is 24.2 Å². The predicted molar refractivity (Wildman–Crippen MR) is 169 cm³/mol. The molecule has 6 rings (SSSR count). The lowest BCUT2D eigenvalue weighted by Crippen LogP contribution is -2.51. The number of aliphatic hydroxyl groups is 1. The number of hydrogen-bond acceptors (Lipinski definition) is 9. The van der Waals surface area contributed by atoms with Crippen molar-refractivity contribution in [1.29, 1.82) is 0 Å². The Kier molecular flexibility index (Phi) is 7.74. The Morgan fingerprint density at radius 3 is 2.59 bits per heavy atom. The number of fused-ring (bicyclic) bond motifs is 2. The first-order chi connectivity index (χ1) is 21.9. The molecule has 1 aliphatic heterocycles. The van der Waals surface area contributed by atoms with Crippen LogP contribution in [0.25, 0.3) is 22.6 Å². The minimum absolute atomic E-state index is 0.112. The van der Waals surface area contributed by atoms with E-state index in [1.54, 1.807) is 42.1 Å². The molecule has 0 bridgehead atoms. The van der Waals surface area contributed by atoms with E-state index in [4.69, 9.17) is 5.73 Å². The van der Waals surface area contributed by atoms with Crippen molar-refractivity contribution in [2.75, 3.05) is 11.1 Å². The summed E-state index contributed by atoms with van der Waals surface area (Å²) in [7, 11) is 0. The monoisotopic (exact) mass is 624 g/mol. The Hall–Kier alpha value is -5.27. The highest BCUT2D eigenvalue weighted by Crippen LogP contribution is 2.45. The summed E-state index contributed by atoms with van der Waals surface area (Å²) in [5.74, 6) is -1.16. The first kappa shape index (κ1) is 30.7. The molecule has 1 aliphatic rings. The molecule has 0 aliphatic carbocycles. The quantitative estimate of drug-likeness (QED) is 0.144. The average molecular weight is 625 g/mol. The number of aliphatic carboxylic acids is 1. The molecule has 0 radical (unpaired) electrons. The fourth-order valence-electron chi connectivity index (χ4n) is 5.72. The summed E-state index contributed by atoms with van der Waals surface area (Å²) in [5.41, 5.74) is 7.46. The summed E-state index contributed by atoms with van der Waals surface area (Å²) in [6.07, 6.45) is 1.38. The van der Waals surface area contributed by atoms with Crippen LogP contribution in [-0.4, -0.2) is 58.6 Å². The van der Waals surface area contributed by atoms with Crippen LogP contribution in [0.1, 0.15) is 49.4 Å². The summed E-state index contributed by atoms with van der Waals surface area (Å²) in [5, 5.41) is 30.5. The number of carbonyl (C=O) groups excluding carboxylic acids is 1. The standard InChI is InChI=1S/C33H33FN8O4/c1-32(2,31(45)46)40-23(43)15-12-18-10-13-20(14-11-18)33(3)24-26(35)37-28(38-27(24)39-30(33)44)25-21-8-6-16-36-29(21)42(41-25)17-19-7-4-5-9-22(19)34/h4-11,13-14,16,23,40,43H,12,15,17H2,1-3H3,(H,45,46)(H3,35,37,38,39,44)/t23?,33-/m0/s1. The van der Waals surface area contributed by atoms with Gasteiger partial charge in [0.25, 0.3) is 0 Å². The van der Waals surface area contributed by atoms with E-state index in [0.29, 0.717) is 46.3 Å². The molecule has 2 aromatic carbocycles. The minimum Gasteiger partial charge on any atom is -0.480 e. The van der Waals surface area contributed by atoms with Crippen molar-refractivity contribution in [1.82, 2.24) is 30.0 Å². The third-order valence-electron chi connectivity index (χ3n) is 8.42. The Bertz CT molecular complexity index is 1980. The number of aromatic nitrogens is 5. The van der Waals surface area contributed by atoms with Crippen LogP contribution in [0.5, 0.6) is 0 Å². The molecular weight excluding hydrogens is 591 g/mol. The fourth-order valence-corrected chi connectivity index (χ4v) is 5.72. The number of aliphatic hydroxyl groups excluding tert-OH is 1. The van der Waals surface area contributed by atoms with Crippen molar-refractivity contribution in [3.63, 3.8) is 0 Å². The zero-order valence-corrected chi connectivity index (χ0v) is 25.5. The largest absolute Gasteiger partial charge is 0.480 e. The van der Waals surface area contributed by atoms with E-state index in [1.165, 1.54) is 19.9 Å². The molecule has 236 valence electrons. The summed E-state index contributed by atoms with van der Waals surface area (Å²) in [6, 6.07) is 17.4. The van der Waals surface area contributed by atoms with Crippen LogP contribution in [0.15, 0.2) is 66.9 Å². The number of nitrogens with two attached hydrogens (primary N) is 1. The Morgan fingerprint density at radius 2 is 1.87 bits per heavy atom. The zero-order valence-electron chi connectivity index (χ0n) is 25.5. The van der Waals surface area contributed by atoms with Crippen LogP contribution in [0.2, 0.25) is 0 Å². The summed E-state index contributed by atoms with van der Waals surface area (Å²) >= 11 is 0. The van der Waals surface area contributed by atoms with Crippen molar-refractivity contribution in [2.24, 2.45) is 0 Å². The molecule has 0 spiro atoms. The number of rotatable bonds is 10. The van der Waals surface area contributed by atoms with Crippen LogP contribution < -0.4 is 16.4 Å². The molecule has 46 heavy (non-hydrogen) atoms. The molecule has 5 aromatic rings. The van der Waals surface area contributed by atoms with Gasteiger partial charge in [0.05, 0.1) is 17.5 Å². The van der Waals surface area contributed by atoms with Gasteiger partial charge in [-0.3, -0.25) is 14.9 Å². The highest BCUT2D eigenvalue weighted by atomic mass is 19.1. The highest BCUT2D eigenvalue weighted by molar-refractivity contribution is 6.09. The predicted octanol–water partition coefficient (Wildman–Crippen LogP) is 3.62. The van der Waals surface area contributed by atoms with Crippen LogP contribution in [0, 0.1) is 5.82 Å². The number of nitrogens with one attached hydrogen (secondary N) is 2. The minimum atomic E-state index is -1.27. The van der Waals surface area contributed by atoms with Gasteiger partial charge in [0.2, 0.25) is 5.91 Å². The number of nitrogen functional groups attached to an aromatic ring is 1. The number of benzene rings is 2. The van der Waals surface area contributed by atoms with E-state index in [-0.39, 0.29) is 35.7 Å². The number of nitrogens with zero attached hydrogens (tertiary/aromatic N) is 5. The zero-order chi connectivity index (χ0) is 32.8. The fraction of sp³-hybridized carbons (Fsp3) is 0.273. The normalized spacial score (nSPS) is 16.8. The molecule has 0 saturated carbocycles. The lowest BCUT2D eigenvalue weighted by atomic mass is 9.77. The number of aryl methyl sites for hydroxylation is 1. The maximum atomic E-state index is 14.5.